The van der Waals surface area contributed by atoms with Crippen molar-refractivity contribution < 1.29 is 27.0 Å². The van der Waals surface area contributed by atoms with Crippen molar-refractivity contribution in [2.75, 3.05) is 13.2 Å². The first-order chi connectivity index (χ1) is 12.4. The number of rotatable bonds is 5. The van der Waals surface area contributed by atoms with E-state index in [0.29, 0.717) is 17.9 Å². The van der Waals surface area contributed by atoms with Crippen LogP contribution in [0.4, 0.5) is 8.78 Å². The van der Waals surface area contributed by atoms with Gasteiger partial charge in [0, 0.05) is 17.5 Å². The third kappa shape index (κ3) is 3.43. The third-order valence-electron chi connectivity index (χ3n) is 4.46. The Labute approximate surface area is 155 Å². The fourth-order valence-electron chi connectivity index (χ4n) is 3.24. The minimum absolute atomic E-state index is 0.0302. The zero-order valence-corrected chi connectivity index (χ0v) is 15.2. The molecule has 26 heavy (non-hydrogen) atoms. The molecule has 3 rings (SSSR count). The van der Waals surface area contributed by atoms with Crippen molar-refractivity contribution in [3.8, 4) is 5.75 Å². The number of aliphatic hydroxyl groups excluding tert-OH is 1. The molecule has 2 atom stereocenters. The molecule has 0 amide bonds. The van der Waals surface area contributed by atoms with Crippen LogP contribution in [0.5, 0.6) is 5.75 Å². The molecule has 1 heterocycles. The summed E-state index contributed by atoms with van der Waals surface area (Å²) in [5.74, 6) is -2.63. The number of fused-ring (bicyclic) bond motifs is 1. The molecular weight excluding hydrogens is 386 g/mol. The first-order valence-electron chi connectivity index (χ1n) is 8.07. The number of aliphatic hydroxyl groups is 1. The number of ether oxygens (including phenoxy) is 1. The van der Waals surface area contributed by atoms with Crippen molar-refractivity contribution in [3.63, 3.8) is 0 Å². The number of hydrogen-bond acceptors (Lipinski definition) is 4. The lowest BCUT2D eigenvalue weighted by Crippen LogP contribution is -2.33. The molecule has 0 saturated heterocycles. The summed E-state index contributed by atoms with van der Waals surface area (Å²) in [7, 11) is -4.04. The minimum atomic E-state index is -4.04. The highest BCUT2D eigenvalue weighted by atomic mass is 35.5. The molecule has 4 nitrogen and oxygen atoms in total. The average Bonchev–Trinajstić information content (AvgIpc) is 2.62. The highest BCUT2D eigenvalue weighted by Gasteiger charge is 2.43. The Morgan fingerprint density at radius 2 is 1.77 bits per heavy atom. The Balaban J connectivity index is 2.16. The van der Waals surface area contributed by atoms with Crippen LogP contribution in [0.25, 0.3) is 0 Å². The molecular formula is C18H17ClF2O4S. The molecule has 0 aliphatic carbocycles. The average molecular weight is 403 g/mol. The second kappa shape index (κ2) is 7.50. The Morgan fingerprint density at radius 3 is 2.42 bits per heavy atom. The van der Waals surface area contributed by atoms with Crippen LogP contribution < -0.4 is 4.74 Å². The van der Waals surface area contributed by atoms with Crippen LogP contribution in [0.2, 0.25) is 5.02 Å². The van der Waals surface area contributed by atoms with Gasteiger partial charge in [-0.25, -0.2) is 17.2 Å². The number of hydrogen-bond donors (Lipinski definition) is 1. The van der Waals surface area contributed by atoms with Gasteiger partial charge in [-0.3, -0.25) is 0 Å². The van der Waals surface area contributed by atoms with E-state index in [1.165, 1.54) is 24.3 Å². The van der Waals surface area contributed by atoms with Crippen molar-refractivity contribution in [1.29, 1.82) is 0 Å². The van der Waals surface area contributed by atoms with Gasteiger partial charge in [0.15, 0.2) is 21.4 Å². The smallest absolute Gasteiger partial charge is 0.186 e. The number of halogens is 3. The van der Waals surface area contributed by atoms with Gasteiger partial charge in [0.25, 0.3) is 0 Å². The lowest BCUT2D eigenvalue weighted by molar-refractivity contribution is 0.182. The Kier molecular flexibility index (Phi) is 5.50. The molecule has 0 aromatic heterocycles. The summed E-state index contributed by atoms with van der Waals surface area (Å²) in [5.41, 5.74) is -0.297. The van der Waals surface area contributed by atoms with E-state index in [2.05, 4.69) is 0 Å². The molecule has 2 aromatic carbocycles. The van der Waals surface area contributed by atoms with E-state index in [1.807, 2.05) is 0 Å². The van der Waals surface area contributed by atoms with Crippen molar-refractivity contribution in [3.05, 3.63) is 58.6 Å². The molecule has 140 valence electrons. The van der Waals surface area contributed by atoms with Crippen LogP contribution in [-0.4, -0.2) is 26.7 Å². The van der Waals surface area contributed by atoms with Crippen molar-refractivity contribution >= 4 is 21.4 Å². The summed E-state index contributed by atoms with van der Waals surface area (Å²) < 4.78 is 60.5. The molecule has 0 bridgehead atoms. The number of benzene rings is 2. The Hall–Kier alpha value is -1.70. The molecule has 2 aromatic rings. The standard InChI is InChI=1S/C18H17ClF2O4S/c19-12-3-5-13(6-4-12)26(23,24)18-11(2-1-9-22)10-25-17-15(21)8-7-14(20)16(17)18/h3-8,11,18,22H,1-2,9-10H2/t11-,18+/m1/s1. The lowest BCUT2D eigenvalue weighted by atomic mass is 9.91. The van der Waals surface area contributed by atoms with Gasteiger partial charge in [0.2, 0.25) is 0 Å². The zero-order valence-electron chi connectivity index (χ0n) is 13.7. The van der Waals surface area contributed by atoms with Crippen LogP contribution in [0.15, 0.2) is 41.3 Å². The third-order valence-corrected chi connectivity index (χ3v) is 6.93. The predicted molar refractivity (Wildman–Crippen MR) is 93.0 cm³/mol. The topological polar surface area (TPSA) is 63.6 Å². The summed E-state index contributed by atoms with van der Waals surface area (Å²) in [5, 5.41) is 8.14. The molecule has 1 N–H and O–H groups in total. The van der Waals surface area contributed by atoms with Crippen LogP contribution in [0.3, 0.4) is 0 Å². The molecule has 8 heteroatoms. The highest BCUT2D eigenvalue weighted by molar-refractivity contribution is 7.91. The van der Waals surface area contributed by atoms with Gasteiger partial charge in [0.1, 0.15) is 11.1 Å². The zero-order chi connectivity index (χ0) is 18.9. The Bertz CT molecular complexity index is 900. The van der Waals surface area contributed by atoms with E-state index in [-0.39, 0.29) is 29.4 Å². The van der Waals surface area contributed by atoms with Crippen molar-refractivity contribution in [1.82, 2.24) is 0 Å². The normalized spacial score (nSPS) is 19.7. The van der Waals surface area contributed by atoms with Gasteiger partial charge in [-0.1, -0.05) is 11.6 Å². The molecule has 0 saturated carbocycles. The first-order valence-corrected chi connectivity index (χ1v) is 9.99. The Morgan fingerprint density at radius 1 is 1.12 bits per heavy atom. The fourth-order valence-corrected chi connectivity index (χ4v) is 5.43. The van der Waals surface area contributed by atoms with E-state index in [4.69, 9.17) is 21.4 Å². The second-order valence-electron chi connectivity index (χ2n) is 6.13. The van der Waals surface area contributed by atoms with Crippen LogP contribution in [-0.2, 0) is 9.84 Å². The molecule has 1 aliphatic rings. The summed E-state index contributed by atoms with van der Waals surface area (Å²) >= 11 is 5.82. The van der Waals surface area contributed by atoms with Gasteiger partial charge in [-0.2, -0.15) is 0 Å². The summed E-state index contributed by atoms with van der Waals surface area (Å²) in [4.78, 5) is -0.0302. The molecule has 1 aliphatic heterocycles. The SMILES string of the molecule is O=S(=O)(c1ccc(Cl)cc1)[C@@H]1c2c(F)ccc(F)c2OC[C@H]1CCCO. The maximum Gasteiger partial charge on any atom is 0.186 e. The maximum absolute atomic E-state index is 14.5. The van der Waals surface area contributed by atoms with Gasteiger partial charge in [0.05, 0.1) is 17.1 Å². The predicted octanol–water partition coefficient (Wildman–Crippen LogP) is 3.91. The van der Waals surface area contributed by atoms with Gasteiger partial charge < -0.3 is 9.84 Å². The first kappa shape index (κ1) is 19.1. The van der Waals surface area contributed by atoms with E-state index < -0.39 is 32.6 Å². The summed E-state index contributed by atoms with van der Waals surface area (Å²) in [6.07, 6.45) is 0.621. The lowest BCUT2D eigenvalue weighted by Gasteiger charge is -2.33. The maximum atomic E-state index is 14.5. The van der Waals surface area contributed by atoms with Crippen molar-refractivity contribution in [2.45, 2.75) is 23.0 Å². The van der Waals surface area contributed by atoms with Crippen LogP contribution >= 0.6 is 11.6 Å². The highest BCUT2D eigenvalue weighted by Crippen LogP contribution is 2.47. The summed E-state index contributed by atoms with van der Waals surface area (Å²) in [6.45, 7) is -0.215. The summed E-state index contributed by atoms with van der Waals surface area (Å²) in [6, 6.07) is 7.35. The van der Waals surface area contributed by atoms with Gasteiger partial charge >= 0.3 is 0 Å². The van der Waals surface area contributed by atoms with E-state index in [0.717, 1.165) is 12.1 Å². The van der Waals surface area contributed by atoms with E-state index in [9.17, 15) is 17.2 Å². The fraction of sp³-hybridized carbons (Fsp3) is 0.333. The molecule has 0 unspecified atom stereocenters. The van der Waals surface area contributed by atoms with Gasteiger partial charge in [-0.15, -0.1) is 0 Å². The minimum Gasteiger partial charge on any atom is -0.490 e. The molecule has 0 spiro atoms. The second-order valence-corrected chi connectivity index (χ2v) is 8.63. The van der Waals surface area contributed by atoms with E-state index in [1.54, 1.807) is 0 Å². The van der Waals surface area contributed by atoms with E-state index >= 15 is 0 Å². The van der Waals surface area contributed by atoms with Crippen LogP contribution in [0, 0.1) is 17.6 Å². The number of sulfone groups is 1. The molecule has 0 fully saturated rings. The quantitative estimate of drug-likeness (QED) is 0.823. The van der Waals surface area contributed by atoms with Gasteiger partial charge in [-0.05, 0) is 49.2 Å². The monoisotopic (exact) mass is 402 g/mol. The van der Waals surface area contributed by atoms with Crippen molar-refractivity contribution in [2.24, 2.45) is 5.92 Å². The molecule has 0 radical (unpaired) electrons. The largest absolute Gasteiger partial charge is 0.490 e. The van der Waals surface area contributed by atoms with Crippen LogP contribution in [0.1, 0.15) is 23.7 Å².